The highest BCUT2D eigenvalue weighted by molar-refractivity contribution is 7.93. The first-order chi connectivity index (χ1) is 34.8. The molecule has 3 aromatic heterocycles. The van der Waals surface area contributed by atoms with Crippen LogP contribution in [0.5, 0.6) is 0 Å². The third kappa shape index (κ3) is 12.2. The number of carbonyl (C=O) groups excluding carboxylic acids is 2. The largest absolute Gasteiger partial charge is 0.435 e. The van der Waals surface area contributed by atoms with E-state index in [0.29, 0.717) is 43.5 Å². The smallest absolute Gasteiger partial charge is 0.354 e. The molecule has 1 saturated carbocycles. The van der Waals surface area contributed by atoms with Crippen LogP contribution < -0.4 is 20.7 Å². The lowest BCUT2D eigenvalue weighted by atomic mass is 9.93. The van der Waals surface area contributed by atoms with E-state index in [1.54, 1.807) is 0 Å². The summed E-state index contributed by atoms with van der Waals surface area (Å²) >= 11 is 6.62. The SMILES string of the molecule is CC(C)(C#Cc1ccc(-c2ccc(Cl)c3c(NS(=O)(=O)CC(=O)NCCN4CCNCC4)nn(CC(F)(F)F)c23)c([C@H](Cc2cc(F)cc(F)c2)NC(=O)Cn2nc(C(F)(F)F)c3c2C(F)(F)[C@@H]2C[C@H]32)n1)S(C)(=O)=O. The van der Waals surface area contributed by atoms with Gasteiger partial charge in [-0.1, -0.05) is 23.6 Å². The van der Waals surface area contributed by atoms with Gasteiger partial charge in [-0.05, 0) is 74.4 Å². The number of piperazine rings is 1. The average molecular weight is 1120 g/mol. The Bertz CT molecular complexity index is 3370. The molecule has 0 unspecified atom stereocenters. The van der Waals surface area contributed by atoms with Crippen molar-refractivity contribution < 1.29 is 70.3 Å². The first-order valence-electron chi connectivity index (χ1n) is 22.8. The maximum absolute atomic E-state index is 15.6. The first kappa shape index (κ1) is 55.2. The molecule has 1 saturated heterocycles. The summed E-state index contributed by atoms with van der Waals surface area (Å²) in [5.74, 6) is -7.86. The maximum atomic E-state index is 15.6. The van der Waals surface area contributed by atoms with Crippen LogP contribution in [0.4, 0.5) is 49.7 Å². The second-order valence-corrected chi connectivity index (χ2v) is 23.5. The number of rotatable bonds is 16. The zero-order valence-corrected chi connectivity index (χ0v) is 42.0. The van der Waals surface area contributed by atoms with Gasteiger partial charge in [-0.3, -0.25) is 28.6 Å². The number of anilines is 1. The van der Waals surface area contributed by atoms with E-state index in [1.807, 2.05) is 9.62 Å². The molecule has 5 aromatic rings. The Balaban J connectivity index is 1.25. The summed E-state index contributed by atoms with van der Waals surface area (Å²) in [7, 11) is -8.65. The molecule has 2 fully saturated rings. The van der Waals surface area contributed by atoms with Gasteiger partial charge in [-0.2, -0.15) is 45.3 Å². The number of hydrogen-bond acceptors (Lipinski definition) is 11. The molecule has 75 heavy (non-hydrogen) atoms. The van der Waals surface area contributed by atoms with Crippen molar-refractivity contribution in [2.75, 3.05) is 56.0 Å². The molecule has 16 nitrogen and oxygen atoms in total. The predicted molar refractivity (Wildman–Crippen MR) is 252 cm³/mol. The van der Waals surface area contributed by atoms with E-state index in [9.17, 15) is 61.5 Å². The highest BCUT2D eigenvalue weighted by Gasteiger charge is 2.68. The number of pyridine rings is 1. The van der Waals surface area contributed by atoms with Crippen LogP contribution in [0.2, 0.25) is 5.02 Å². The molecule has 4 heterocycles. The molecule has 2 aliphatic carbocycles. The van der Waals surface area contributed by atoms with Gasteiger partial charge in [-0.15, -0.1) is 0 Å². The van der Waals surface area contributed by atoms with Crippen LogP contribution >= 0.6 is 11.6 Å². The Hall–Kier alpha value is -6.02. The molecular formula is C46H45ClF10N10O6S2. The van der Waals surface area contributed by atoms with Crippen LogP contribution in [0, 0.1) is 29.4 Å². The summed E-state index contributed by atoms with van der Waals surface area (Å²) in [6, 6.07) is 5.05. The van der Waals surface area contributed by atoms with Gasteiger partial charge in [0, 0.05) is 74.2 Å². The van der Waals surface area contributed by atoms with E-state index in [4.69, 9.17) is 11.6 Å². The zero-order valence-electron chi connectivity index (χ0n) is 39.7. The van der Waals surface area contributed by atoms with Gasteiger partial charge in [-0.25, -0.2) is 30.6 Å². The molecule has 4 N–H and O–H groups in total. The number of fused-ring (bicyclic) bond motifs is 4. The van der Waals surface area contributed by atoms with Crippen molar-refractivity contribution in [2.24, 2.45) is 5.92 Å². The van der Waals surface area contributed by atoms with Gasteiger partial charge in [0.2, 0.25) is 21.8 Å². The normalized spacial score (nSPS) is 18.2. The minimum atomic E-state index is -5.21. The van der Waals surface area contributed by atoms with E-state index < -0.39 is 149 Å². The lowest BCUT2D eigenvalue weighted by Gasteiger charge is -2.27. The van der Waals surface area contributed by atoms with Gasteiger partial charge in [0.15, 0.2) is 21.3 Å². The van der Waals surface area contributed by atoms with Gasteiger partial charge < -0.3 is 16.0 Å². The minimum absolute atomic E-state index is 0.0689. The van der Waals surface area contributed by atoms with Crippen LogP contribution in [-0.2, 0) is 61.1 Å². The number of alkyl halides is 8. The molecule has 2 amide bonds. The molecule has 3 atom stereocenters. The summed E-state index contributed by atoms with van der Waals surface area (Å²) < 4.78 is 200. The van der Waals surface area contributed by atoms with Crippen molar-refractivity contribution in [3.8, 4) is 23.0 Å². The molecule has 2 aromatic carbocycles. The quantitative estimate of drug-likeness (QED) is 0.0662. The Kier molecular flexibility index (Phi) is 14.8. The van der Waals surface area contributed by atoms with E-state index in [-0.39, 0.29) is 45.1 Å². The van der Waals surface area contributed by atoms with E-state index in [1.165, 1.54) is 26.0 Å². The Morgan fingerprint density at radius 1 is 0.933 bits per heavy atom. The van der Waals surface area contributed by atoms with Crippen LogP contribution in [0.1, 0.15) is 66.1 Å². The standard InChI is InChI=1S/C46H45ClF10N10O6S2/c1-43(2,74(3,70)71)9-8-27-4-5-28(29-6-7-32(47)37-39(29)67(23-44(50,51)52)63-42(37)64-75(72,73)22-35(69)59-12-15-65-13-10-58-11-14-65)38(60-27)33(18-24-16-25(48)19-26(49)17-24)61-34(68)21-66-41-36(40(62-66)46(55,56)57)30-20-31(30)45(41,53)54/h4-7,16-17,19,30-31,33,58H,10-15,18,20-23H2,1-3H3,(H,59,69)(H,61,68)(H,63,64)/t30-,31+,33-/m0/s1. The number of nitrogens with zero attached hydrogens (tertiary/aromatic N) is 6. The molecule has 0 bridgehead atoms. The van der Waals surface area contributed by atoms with Crippen molar-refractivity contribution in [3.05, 3.63) is 93.0 Å². The second-order valence-electron chi connectivity index (χ2n) is 18.8. The Labute approximate surface area is 426 Å². The molecule has 8 rings (SSSR count). The van der Waals surface area contributed by atoms with Crippen LogP contribution in [0.25, 0.3) is 22.0 Å². The molecular weight excluding hydrogens is 1080 g/mol. The number of aromatic nitrogens is 5. The highest BCUT2D eigenvalue weighted by Crippen LogP contribution is 2.68. The lowest BCUT2D eigenvalue weighted by Crippen LogP contribution is -2.46. The van der Waals surface area contributed by atoms with Gasteiger partial charge in [0.25, 0.3) is 5.92 Å². The van der Waals surface area contributed by atoms with Crippen LogP contribution in [0.3, 0.4) is 0 Å². The van der Waals surface area contributed by atoms with Crippen molar-refractivity contribution in [1.29, 1.82) is 0 Å². The fourth-order valence-electron chi connectivity index (χ4n) is 9.04. The molecule has 3 aliphatic rings. The second kappa shape index (κ2) is 20.2. The Morgan fingerprint density at radius 2 is 1.60 bits per heavy atom. The molecule has 29 heteroatoms. The van der Waals surface area contributed by atoms with Gasteiger partial charge >= 0.3 is 12.4 Å². The highest BCUT2D eigenvalue weighted by atomic mass is 35.5. The van der Waals surface area contributed by atoms with Crippen molar-refractivity contribution in [3.63, 3.8) is 0 Å². The summed E-state index contributed by atoms with van der Waals surface area (Å²) in [5, 5.41) is 14.6. The Morgan fingerprint density at radius 3 is 2.24 bits per heavy atom. The number of nitrogens with one attached hydrogen (secondary N) is 4. The third-order valence-corrected chi connectivity index (χ3v) is 16.3. The number of hydrogen-bond donors (Lipinski definition) is 4. The van der Waals surface area contributed by atoms with Crippen LogP contribution in [-0.4, -0.2) is 120 Å². The number of benzene rings is 2. The number of sulfone groups is 1. The van der Waals surface area contributed by atoms with Crippen molar-refractivity contribution >= 4 is 60.0 Å². The van der Waals surface area contributed by atoms with Crippen LogP contribution in [0.15, 0.2) is 42.5 Å². The number of carbonyl (C=O) groups is 2. The molecule has 0 radical (unpaired) electrons. The number of amides is 2. The molecule has 404 valence electrons. The number of sulfonamides is 1. The monoisotopic (exact) mass is 1120 g/mol. The van der Waals surface area contributed by atoms with E-state index in [0.717, 1.165) is 30.5 Å². The topological polar surface area (TPSA) is 202 Å². The lowest BCUT2D eigenvalue weighted by molar-refractivity contribution is -0.142. The van der Waals surface area contributed by atoms with Gasteiger partial charge in [0.05, 0.1) is 27.7 Å². The number of halogens is 11. The summed E-state index contributed by atoms with van der Waals surface area (Å²) in [6.45, 7) is 2.57. The summed E-state index contributed by atoms with van der Waals surface area (Å²) in [5.41, 5.74) is -5.52. The summed E-state index contributed by atoms with van der Waals surface area (Å²) in [4.78, 5) is 33.6. The van der Waals surface area contributed by atoms with Crippen molar-refractivity contribution in [2.45, 2.75) is 74.8 Å². The minimum Gasteiger partial charge on any atom is -0.354 e. The van der Waals surface area contributed by atoms with Gasteiger partial charge in [0.1, 0.15) is 46.6 Å². The average Bonchev–Trinajstić information content (AvgIpc) is 3.81. The first-order valence-corrected chi connectivity index (χ1v) is 26.7. The fraction of sp³-hybridized carbons (Fsp3) is 0.457. The van der Waals surface area contributed by atoms with E-state index in [2.05, 4.69) is 43.0 Å². The van der Waals surface area contributed by atoms with E-state index >= 15 is 8.78 Å². The summed E-state index contributed by atoms with van der Waals surface area (Å²) in [6.07, 6.45) is -10.3. The maximum Gasteiger partial charge on any atom is 0.435 e. The fourth-order valence-corrected chi connectivity index (χ4v) is 10.5. The van der Waals surface area contributed by atoms with Crippen molar-refractivity contribution in [1.82, 2.24) is 45.4 Å². The molecule has 0 spiro atoms. The molecule has 1 aliphatic heterocycles. The predicted octanol–water partition coefficient (Wildman–Crippen LogP) is 6.05. The zero-order chi connectivity index (χ0) is 54.8. The third-order valence-electron chi connectivity index (χ3n) is 12.9.